The summed E-state index contributed by atoms with van der Waals surface area (Å²) in [5.74, 6) is 1.37. The molecule has 2 rings (SSSR count). The number of anilines is 2. The number of carbonyl (C=O) groups is 1. The van der Waals surface area contributed by atoms with Crippen molar-refractivity contribution in [1.29, 1.82) is 0 Å². The van der Waals surface area contributed by atoms with E-state index in [2.05, 4.69) is 24.5 Å². The van der Waals surface area contributed by atoms with Gasteiger partial charge in [0.2, 0.25) is 0 Å². The van der Waals surface area contributed by atoms with E-state index in [1.54, 1.807) is 19.2 Å². The predicted octanol–water partition coefficient (Wildman–Crippen LogP) is 2.87. The fourth-order valence-electron chi connectivity index (χ4n) is 3.30. The van der Waals surface area contributed by atoms with E-state index in [0.717, 1.165) is 30.4 Å². The summed E-state index contributed by atoms with van der Waals surface area (Å²) in [5.41, 5.74) is 8.04. The standard InChI is InChI=1S/C16H25N3O/c1-10-6-11(2)8-13(7-10)19-15-9-12(17)4-5-14(15)16(20)18-3/h4-5,9-11,13,19H,6-8,17H2,1-3H3,(H,18,20). The van der Waals surface area contributed by atoms with Crippen LogP contribution in [0.2, 0.25) is 0 Å². The molecular weight excluding hydrogens is 250 g/mol. The van der Waals surface area contributed by atoms with E-state index in [-0.39, 0.29) is 5.91 Å². The third-order valence-corrected chi connectivity index (χ3v) is 4.05. The highest BCUT2D eigenvalue weighted by molar-refractivity contribution is 6.00. The number of carbonyl (C=O) groups excluding carboxylic acids is 1. The van der Waals surface area contributed by atoms with Crippen molar-refractivity contribution in [2.24, 2.45) is 11.8 Å². The van der Waals surface area contributed by atoms with Crippen LogP contribution < -0.4 is 16.4 Å². The largest absolute Gasteiger partial charge is 0.399 e. The van der Waals surface area contributed by atoms with Crippen molar-refractivity contribution in [3.05, 3.63) is 23.8 Å². The molecule has 1 fully saturated rings. The summed E-state index contributed by atoms with van der Waals surface area (Å²) < 4.78 is 0. The molecule has 0 radical (unpaired) electrons. The molecule has 2 atom stereocenters. The lowest BCUT2D eigenvalue weighted by Crippen LogP contribution is -2.31. The number of nitrogens with one attached hydrogen (secondary N) is 2. The zero-order valence-electron chi connectivity index (χ0n) is 12.6. The van der Waals surface area contributed by atoms with Crippen LogP contribution >= 0.6 is 0 Å². The second kappa shape index (κ2) is 6.16. The van der Waals surface area contributed by atoms with E-state index in [1.165, 1.54) is 6.42 Å². The lowest BCUT2D eigenvalue weighted by Gasteiger charge is -2.33. The zero-order chi connectivity index (χ0) is 14.7. The summed E-state index contributed by atoms with van der Waals surface area (Å²) in [5, 5.41) is 6.20. The number of nitrogens with two attached hydrogens (primary N) is 1. The molecule has 1 aromatic carbocycles. The molecule has 1 aliphatic carbocycles. The second-order valence-electron chi connectivity index (χ2n) is 6.14. The highest BCUT2D eigenvalue weighted by Gasteiger charge is 2.24. The van der Waals surface area contributed by atoms with Crippen LogP contribution in [0.15, 0.2) is 18.2 Å². The topological polar surface area (TPSA) is 67.2 Å². The third-order valence-electron chi connectivity index (χ3n) is 4.05. The summed E-state index contributed by atoms with van der Waals surface area (Å²) in [6.45, 7) is 4.59. The van der Waals surface area contributed by atoms with Gasteiger partial charge in [-0.3, -0.25) is 4.79 Å². The van der Waals surface area contributed by atoms with Crippen LogP contribution in [0, 0.1) is 11.8 Å². The van der Waals surface area contributed by atoms with Gasteiger partial charge in [0.15, 0.2) is 0 Å². The van der Waals surface area contributed by atoms with Crippen molar-refractivity contribution in [3.8, 4) is 0 Å². The average Bonchev–Trinajstić information content (AvgIpc) is 2.37. The van der Waals surface area contributed by atoms with Gasteiger partial charge >= 0.3 is 0 Å². The van der Waals surface area contributed by atoms with Crippen molar-refractivity contribution in [2.45, 2.75) is 39.2 Å². The van der Waals surface area contributed by atoms with Crippen molar-refractivity contribution in [3.63, 3.8) is 0 Å². The number of hydrogen-bond acceptors (Lipinski definition) is 3. The maximum absolute atomic E-state index is 11.9. The van der Waals surface area contributed by atoms with Crippen molar-refractivity contribution < 1.29 is 4.79 Å². The Balaban J connectivity index is 2.19. The number of rotatable bonds is 3. The van der Waals surface area contributed by atoms with Crippen molar-refractivity contribution in [1.82, 2.24) is 5.32 Å². The fraction of sp³-hybridized carbons (Fsp3) is 0.562. The van der Waals surface area contributed by atoms with E-state index >= 15 is 0 Å². The molecule has 0 bridgehead atoms. The van der Waals surface area contributed by atoms with E-state index in [0.29, 0.717) is 17.3 Å². The Morgan fingerprint density at radius 1 is 1.20 bits per heavy atom. The summed E-state index contributed by atoms with van der Waals surface area (Å²) in [4.78, 5) is 11.9. The molecule has 20 heavy (non-hydrogen) atoms. The van der Waals surface area contributed by atoms with Gasteiger partial charge in [0.05, 0.1) is 5.56 Å². The van der Waals surface area contributed by atoms with Gasteiger partial charge in [-0.05, 0) is 49.3 Å². The summed E-state index contributed by atoms with van der Waals surface area (Å²) >= 11 is 0. The molecule has 110 valence electrons. The molecule has 0 aromatic heterocycles. The molecule has 4 N–H and O–H groups in total. The quantitative estimate of drug-likeness (QED) is 0.743. The van der Waals surface area contributed by atoms with Gasteiger partial charge in [0.1, 0.15) is 0 Å². The van der Waals surface area contributed by atoms with Gasteiger partial charge in [0, 0.05) is 24.5 Å². The first-order valence-electron chi connectivity index (χ1n) is 7.37. The first-order chi connectivity index (χ1) is 9.49. The monoisotopic (exact) mass is 275 g/mol. The van der Waals surface area contributed by atoms with Crippen LogP contribution in [0.25, 0.3) is 0 Å². The Bertz CT molecular complexity index is 477. The summed E-state index contributed by atoms with van der Waals surface area (Å²) in [7, 11) is 1.65. The van der Waals surface area contributed by atoms with Crippen LogP contribution in [0.4, 0.5) is 11.4 Å². The average molecular weight is 275 g/mol. The smallest absolute Gasteiger partial charge is 0.253 e. The third kappa shape index (κ3) is 3.44. The minimum Gasteiger partial charge on any atom is -0.399 e. The van der Waals surface area contributed by atoms with E-state index in [4.69, 9.17) is 5.73 Å². The fourth-order valence-corrected chi connectivity index (χ4v) is 3.30. The molecule has 1 saturated carbocycles. The van der Waals surface area contributed by atoms with Gasteiger partial charge < -0.3 is 16.4 Å². The van der Waals surface area contributed by atoms with E-state index in [9.17, 15) is 4.79 Å². The van der Waals surface area contributed by atoms with Gasteiger partial charge in [-0.2, -0.15) is 0 Å². The van der Waals surface area contributed by atoms with Crippen LogP contribution in [-0.2, 0) is 0 Å². The highest BCUT2D eigenvalue weighted by Crippen LogP contribution is 2.31. The van der Waals surface area contributed by atoms with Crippen LogP contribution in [-0.4, -0.2) is 19.0 Å². The molecule has 1 amide bonds. The molecule has 0 saturated heterocycles. The van der Waals surface area contributed by atoms with E-state index < -0.39 is 0 Å². The van der Waals surface area contributed by atoms with Crippen molar-refractivity contribution >= 4 is 17.3 Å². The van der Waals surface area contributed by atoms with E-state index in [1.807, 2.05) is 6.07 Å². The van der Waals surface area contributed by atoms with Gasteiger partial charge in [-0.25, -0.2) is 0 Å². The Morgan fingerprint density at radius 3 is 2.45 bits per heavy atom. The molecule has 1 aromatic rings. The maximum Gasteiger partial charge on any atom is 0.253 e. The molecule has 0 aliphatic heterocycles. The minimum absolute atomic E-state index is 0.0793. The lowest BCUT2D eigenvalue weighted by molar-refractivity contribution is 0.0964. The Morgan fingerprint density at radius 2 is 1.85 bits per heavy atom. The molecule has 0 spiro atoms. The molecule has 1 aliphatic rings. The number of hydrogen-bond donors (Lipinski definition) is 3. The first kappa shape index (κ1) is 14.7. The zero-order valence-corrected chi connectivity index (χ0v) is 12.6. The van der Waals surface area contributed by atoms with Gasteiger partial charge in [-0.15, -0.1) is 0 Å². The second-order valence-corrected chi connectivity index (χ2v) is 6.14. The maximum atomic E-state index is 11.9. The highest BCUT2D eigenvalue weighted by atomic mass is 16.1. The van der Waals surface area contributed by atoms with Crippen molar-refractivity contribution in [2.75, 3.05) is 18.1 Å². The number of benzene rings is 1. The normalized spacial score (nSPS) is 26.1. The van der Waals surface area contributed by atoms with Crippen LogP contribution in [0.3, 0.4) is 0 Å². The first-order valence-corrected chi connectivity index (χ1v) is 7.37. The Hall–Kier alpha value is -1.71. The minimum atomic E-state index is -0.0793. The lowest BCUT2D eigenvalue weighted by atomic mass is 9.80. The number of amides is 1. The summed E-state index contributed by atoms with van der Waals surface area (Å²) in [6.07, 6.45) is 3.58. The molecule has 0 heterocycles. The van der Waals surface area contributed by atoms with Crippen LogP contribution in [0.1, 0.15) is 43.5 Å². The number of nitrogen functional groups attached to an aromatic ring is 1. The molecule has 4 heteroatoms. The molecule has 4 nitrogen and oxygen atoms in total. The molecular formula is C16H25N3O. The van der Waals surface area contributed by atoms with Gasteiger partial charge in [-0.1, -0.05) is 13.8 Å². The Labute approximate surface area is 121 Å². The summed E-state index contributed by atoms with van der Waals surface area (Å²) in [6, 6.07) is 5.82. The SMILES string of the molecule is CNC(=O)c1ccc(N)cc1NC1CC(C)CC(C)C1. The van der Waals surface area contributed by atoms with Crippen LogP contribution in [0.5, 0.6) is 0 Å². The Kier molecular flexibility index (Phi) is 4.53. The molecule has 2 unspecified atom stereocenters. The predicted molar refractivity (Wildman–Crippen MR) is 83.8 cm³/mol. The van der Waals surface area contributed by atoms with Gasteiger partial charge in [0.25, 0.3) is 5.91 Å².